The Hall–Kier alpha value is -1.59. The number of hydrogen-bond acceptors (Lipinski definition) is 3. The van der Waals surface area contributed by atoms with Gasteiger partial charge in [-0.1, -0.05) is 0 Å². The maximum atomic E-state index is 8.36. The standard InChI is InChI=1S/C6H10N2.HNO3/c1-3-8-4-6(2)7-5-8;2-1(3)4/h4-5H,3H2,1-2H3;(H,2,3,4). The molecule has 0 radical (unpaired) electrons. The molecule has 0 aromatic carbocycles. The second-order valence-corrected chi connectivity index (χ2v) is 2.08. The lowest BCUT2D eigenvalue weighted by molar-refractivity contribution is -0.742. The van der Waals surface area contributed by atoms with Gasteiger partial charge in [0.15, 0.2) is 0 Å². The lowest BCUT2D eigenvalue weighted by Gasteiger charge is -1.88. The zero-order valence-corrected chi connectivity index (χ0v) is 6.97. The van der Waals surface area contributed by atoms with E-state index in [9.17, 15) is 0 Å². The molecule has 0 amide bonds. The van der Waals surface area contributed by atoms with Crippen LogP contribution in [0.4, 0.5) is 0 Å². The molecule has 1 heterocycles. The molecule has 1 rings (SSSR count). The summed E-state index contributed by atoms with van der Waals surface area (Å²) < 4.78 is 2.05. The predicted octanol–water partition coefficient (Wildman–Crippen LogP) is 0.864. The molecule has 0 fully saturated rings. The topological polar surface area (TPSA) is 81.2 Å². The summed E-state index contributed by atoms with van der Waals surface area (Å²) in [6.45, 7) is 5.11. The summed E-state index contributed by atoms with van der Waals surface area (Å²) in [6, 6.07) is 0. The van der Waals surface area contributed by atoms with Gasteiger partial charge >= 0.3 is 0 Å². The molecule has 0 saturated heterocycles. The average Bonchev–Trinajstić information content (AvgIpc) is 2.34. The maximum absolute atomic E-state index is 8.36. The Labute approximate surface area is 69.6 Å². The van der Waals surface area contributed by atoms with E-state index in [0.29, 0.717) is 0 Å². The van der Waals surface area contributed by atoms with Crippen LogP contribution in [0, 0.1) is 17.0 Å². The van der Waals surface area contributed by atoms with Crippen LogP contribution in [-0.4, -0.2) is 19.8 Å². The van der Waals surface area contributed by atoms with Crippen molar-refractivity contribution in [1.29, 1.82) is 0 Å². The minimum Gasteiger partial charge on any atom is -0.337 e. The van der Waals surface area contributed by atoms with Crippen LogP contribution in [-0.2, 0) is 6.54 Å². The van der Waals surface area contributed by atoms with Gasteiger partial charge in [-0.2, -0.15) is 0 Å². The molecule has 0 aliphatic heterocycles. The maximum Gasteiger partial charge on any atom is 0.291 e. The molecule has 0 aliphatic carbocycles. The van der Waals surface area contributed by atoms with Crippen LogP contribution in [0.15, 0.2) is 12.5 Å². The molecular weight excluding hydrogens is 162 g/mol. The van der Waals surface area contributed by atoms with Crippen molar-refractivity contribution < 1.29 is 10.3 Å². The Morgan fingerprint density at radius 2 is 2.33 bits per heavy atom. The van der Waals surface area contributed by atoms with Crippen molar-refractivity contribution in [3.63, 3.8) is 0 Å². The van der Waals surface area contributed by atoms with E-state index >= 15 is 0 Å². The number of aromatic nitrogens is 2. The Morgan fingerprint density at radius 3 is 2.50 bits per heavy atom. The van der Waals surface area contributed by atoms with Gasteiger partial charge in [0.05, 0.1) is 12.0 Å². The Bertz CT molecular complexity index is 242. The molecule has 1 aromatic rings. The van der Waals surface area contributed by atoms with Crippen molar-refractivity contribution in [2.75, 3.05) is 0 Å². The van der Waals surface area contributed by atoms with Gasteiger partial charge in [-0.15, -0.1) is 10.1 Å². The fraction of sp³-hybridized carbons (Fsp3) is 0.500. The fourth-order valence-corrected chi connectivity index (χ4v) is 0.645. The van der Waals surface area contributed by atoms with Crippen molar-refractivity contribution in [3.05, 3.63) is 28.3 Å². The summed E-state index contributed by atoms with van der Waals surface area (Å²) in [6.07, 6.45) is 3.87. The van der Waals surface area contributed by atoms with Gasteiger partial charge in [-0.3, -0.25) is 0 Å². The summed E-state index contributed by atoms with van der Waals surface area (Å²) in [7, 11) is 0. The Morgan fingerprint density at radius 1 is 1.83 bits per heavy atom. The largest absolute Gasteiger partial charge is 0.337 e. The van der Waals surface area contributed by atoms with E-state index in [-0.39, 0.29) is 0 Å². The van der Waals surface area contributed by atoms with E-state index in [4.69, 9.17) is 15.3 Å². The van der Waals surface area contributed by atoms with E-state index in [1.54, 1.807) is 0 Å². The molecule has 0 aliphatic rings. The second kappa shape index (κ2) is 5.11. The van der Waals surface area contributed by atoms with E-state index in [0.717, 1.165) is 12.2 Å². The van der Waals surface area contributed by atoms with Crippen LogP contribution in [0.1, 0.15) is 12.6 Å². The Balaban J connectivity index is 0.000000261. The summed E-state index contributed by atoms with van der Waals surface area (Å²) in [4.78, 5) is 12.4. The molecule has 6 heteroatoms. The van der Waals surface area contributed by atoms with Crippen molar-refractivity contribution >= 4 is 0 Å². The lowest BCUT2D eigenvalue weighted by Crippen LogP contribution is -1.86. The zero-order valence-electron chi connectivity index (χ0n) is 6.97. The van der Waals surface area contributed by atoms with Crippen LogP contribution >= 0.6 is 0 Å². The molecule has 1 aromatic heterocycles. The van der Waals surface area contributed by atoms with E-state index in [1.165, 1.54) is 0 Å². The van der Waals surface area contributed by atoms with Gasteiger partial charge in [0.2, 0.25) is 0 Å². The summed E-state index contributed by atoms with van der Waals surface area (Å²) >= 11 is 0. The lowest BCUT2D eigenvalue weighted by atomic mass is 10.6. The van der Waals surface area contributed by atoms with Crippen LogP contribution in [0.3, 0.4) is 0 Å². The third-order valence-corrected chi connectivity index (χ3v) is 1.13. The van der Waals surface area contributed by atoms with Gasteiger partial charge in [-0.05, 0) is 13.8 Å². The monoisotopic (exact) mass is 173 g/mol. The molecule has 0 spiro atoms. The van der Waals surface area contributed by atoms with Crippen molar-refractivity contribution in [2.45, 2.75) is 20.4 Å². The molecule has 0 atom stereocenters. The normalized spacial score (nSPS) is 8.50. The fourth-order valence-electron chi connectivity index (χ4n) is 0.645. The average molecular weight is 173 g/mol. The smallest absolute Gasteiger partial charge is 0.291 e. The molecule has 6 nitrogen and oxygen atoms in total. The SMILES string of the molecule is CCn1cnc(C)c1.O=[N+]([O-])O. The van der Waals surface area contributed by atoms with Gasteiger partial charge in [0.1, 0.15) is 0 Å². The van der Waals surface area contributed by atoms with E-state index < -0.39 is 5.09 Å². The van der Waals surface area contributed by atoms with Crippen molar-refractivity contribution in [1.82, 2.24) is 9.55 Å². The Kier molecular flexibility index (Phi) is 4.43. The highest BCUT2D eigenvalue weighted by atomic mass is 16.9. The first-order chi connectivity index (χ1) is 5.56. The first kappa shape index (κ1) is 10.4. The predicted molar refractivity (Wildman–Crippen MR) is 41.4 cm³/mol. The molecule has 0 saturated carbocycles. The van der Waals surface area contributed by atoms with Gasteiger partial charge in [-0.25, -0.2) is 4.98 Å². The summed E-state index contributed by atoms with van der Waals surface area (Å²) in [5, 5.41) is 13.6. The number of hydrogen-bond donors (Lipinski definition) is 1. The number of imidazole rings is 1. The third-order valence-electron chi connectivity index (χ3n) is 1.13. The summed E-state index contributed by atoms with van der Waals surface area (Å²) in [5.74, 6) is 0. The van der Waals surface area contributed by atoms with Crippen LogP contribution < -0.4 is 0 Å². The molecule has 68 valence electrons. The van der Waals surface area contributed by atoms with Crippen LogP contribution in [0.25, 0.3) is 0 Å². The molecular formula is C6H11N3O3. The molecule has 1 N–H and O–H groups in total. The highest BCUT2D eigenvalue weighted by Crippen LogP contribution is 1.90. The number of nitrogens with zero attached hydrogens (tertiary/aromatic N) is 3. The number of aryl methyl sites for hydroxylation is 2. The molecule has 0 unspecified atom stereocenters. The first-order valence-electron chi connectivity index (χ1n) is 3.38. The summed E-state index contributed by atoms with van der Waals surface area (Å²) in [5.41, 5.74) is 1.09. The van der Waals surface area contributed by atoms with Gasteiger partial charge in [0.25, 0.3) is 5.09 Å². The number of rotatable bonds is 1. The van der Waals surface area contributed by atoms with Crippen molar-refractivity contribution in [3.8, 4) is 0 Å². The van der Waals surface area contributed by atoms with Crippen LogP contribution in [0.5, 0.6) is 0 Å². The minimum atomic E-state index is -1.50. The highest BCUT2D eigenvalue weighted by molar-refractivity contribution is 4.91. The first-order valence-corrected chi connectivity index (χ1v) is 3.38. The molecule has 12 heavy (non-hydrogen) atoms. The van der Waals surface area contributed by atoms with Crippen LogP contribution in [0.2, 0.25) is 0 Å². The van der Waals surface area contributed by atoms with E-state index in [2.05, 4.69) is 16.5 Å². The van der Waals surface area contributed by atoms with E-state index in [1.807, 2.05) is 19.4 Å². The van der Waals surface area contributed by atoms with Gasteiger partial charge in [0, 0.05) is 12.7 Å². The van der Waals surface area contributed by atoms with Crippen molar-refractivity contribution in [2.24, 2.45) is 0 Å². The quantitative estimate of drug-likeness (QED) is 0.504. The minimum absolute atomic E-state index is 1.01. The zero-order chi connectivity index (χ0) is 9.56. The third kappa shape index (κ3) is 5.21. The van der Waals surface area contributed by atoms with Gasteiger partial charge < -0.3 is 9.77 Å². The molecule has 0 bridgehead atoms. The second-order valence-electron chi connectivity index (χ2n) is 2.08. The highest BCUT2D eigenvalue weighted by Gasteiger charge is 1.85.